The van der Waals surface area contributed by atoms with Crippen molar-refractivity contribution in [1.82, 2.24) is 9.97 Å². The highest BCUT2D eigenvalue weighted by molar-refractivity contribution is 6.29. The first-order valence-electron chi connectivity index (χ1n) is 6.12. The molecule has 1 N–H and O–H groups in total. The minimum atomic E-state index is 0.124. The van der Waals surface area contributed by atoms with E-state index in [1.54, 1.807) is 6.07 Å². The van der Waals surface area contributed by atoms with E-state index in [-0.39, 0.29) is 6.10 Å². The second-order valence-electron chi connectivity index (χ2n) is 3.78. The molecule has 102 valence electrons. The minimum absolute atomic E-state index is 0.124. The van der Waals surface area contributed by atoms with Crippen LogP contribution in [0.4, 0.5) is 5.82 Å². The molecule has 0 aliphatic carbocycles. The minimum Gasteiger partial charge on any atom is -0.377 e. The van der Waals surface area contributed by atoms with E-state index in [1.807, 2.05) is 20.8 Å². The van der Waals surface area contributed by atoms with Crippen molar-refractivity contribution < 1.29 is 9.47 Å². The third-order valence-electron chi connectivity index (χ3n) is 2.20. The number of hydrogen-bond donors (Lipinski definition) is 1. The molecule has 6 heteroatoms. The summed E-state index contributed by atoms with van der Waals surface area (Å²) in [6, 6.07) is 1.69. The summed E-state index contributed by atoms with van der Waals surface area (Å²) in [5.41, 5.74) is 0. The van der Waals surface area contributed by atoms with Crippen LogP contribution in [0.3, 0.4) is 0 Å². The number of rotatable bonds is 8. The molecule has 1 rings (SSSR count). The number of nitrogens with one attached hydrogen (secondary N) is 1. The van der Waals surface area contributed by atoms with E-state index in [0.29, 0.717) is 43.2 Å². The van der Waals surface area contributed by atoms with Crippen LogP contribution in [0.5, 0.6) is 0 Å². The van der Waals surface area contributed by atoms with Crippen LogP contribution in [-0.4, -0.2) is 35.8 Å². The van der Waals surface area contributed by atoms with E-state index >= 15 is 0 Å². The Bertz CT molecular complexity index is 363. The lowest BCUT2D eigenvalue weighted by molar-refractivity contribution is 0.0854. The molecule has 5 nitrogen and oxygen atoms in total. The topological polar surface area (TPSA) is 56.3 Å². The van der Waals surface area contributed by atoms with E-state index in [1.165, 1.54) is 0 Å². The SMILES string of the molecule is CCOCc1nc(Cl)cc(NCC(C)OCC)n1. The Hall–Kier alpha value is -0.910. The Morgan fingerprint density at radius 2 is 2.11 bits per heavy atom. The molecule has 1 aromatic heterocycles. The monoisotopic (exact) mass is 273 g/mol. The van der Waals surface area contributed by atoms with Crippen LogP contribution >= 0.6 is 11.6 Å². The second kappa shape index (κ2) is 8.24. The molecule has 1 heterocycles. The van der Waals surface area contributed by atoms with Gasteiger partial charge in [0.25, 0.3) is 0 Å². The van der Waals surface area contributed by atoms with Gasteiger partial charge in [0.05, 0.1) is 6.10 Å². The molecule has 18 heavy (non-hydrogen) atoms. The highest BCUT2D eigenvalue weighted by Crippen LogP contribution is 2.12. The van der Waals surface area contributed by atoms with Crippen molar-refractivity contribution in [3.8, 4) is 0 Å². The fourth-order valence-corrected chi connectivity index (χ4v) is 1.61. The van der Waals surface area contributed by atoms with E-state index in [9.17, 15) is 0 Å². The molecule has 1 atom stereocenters. The quantitative estimate of drug-likeness (QED) is 0.738. The summed E-state index contributed by atoms with van der Waals surface area (Å²) in [4.78, 5) is 8.41. The average Bonchev–Trinajstić information content (AvgIpc) is 2.34. The fraction of sp³-hybridized carbons (Fsp3) is 0.667. The van der Waals surface area contributed by atoms with E-state index in [0.717, 1.165) is 0 Å². The summed E-state index contributed by atoms with van der Waals surface area (Å²) in [5, 5.41) is 3.58. The normalized spacial score (nSPS) is 12.4. The van der Waals surface area contributed by atoms with Crippen molar-refractivity contribution in [2.24, 2.45) is 0 Å². The van der Waals surface area contributed by atoms with Gasteiger partial charge in [0.15, 0.2) is 5.82 Å². The number of nitrogens with zero attached hydrogens (tertiary/aromatic N) is 2. The Morgan fingerprint density at radius 1 is 1.33 bits per heavy atom. The molecule has 1 unspecified atom stereocenters. The molecule has 1 aromatic rings. The lowest BCUT2D eigenvalue weighted by Crippen LogP contribution is -2.20. The second-order valence-corrected chi connectivity index (χ2v) is 4.16. The molecule has 0 amide bonds. The summed E-state index contributed by atoms with van der Waals surface area (Å²) >= 11 is 5.93. The molecule has 0 saturated heterocycles. The van der Waals surface area contributed by atoms with Gasteiger partial charge in [-0.3, -0.25) is 0 Å². The number of halogens is 1. The van der Waals surface area contributed by atoms with Crippen molar-refractivity contribution >= 4 is 17.4 Å². The zero-order valence-electron chi connectivity index (χ0n) is 11.1. The lowest BCUT2D eigenvalue weighted by Gasteiger charge is -2.13. The highest BCUT2D eigenvalue weighted by atomic mass is 35.5. The van der Waals surface area contributed by atoms with Crippen LogP contribution in [-0.2, 0) is 16.1 Å². The summed E-state index contributed by atoms with van der Waals surface area (Å²) in [6.07, 6.45) is 0.124. The first-order valence-corrected chi connectivity index (χ1v) is 6.50. The molecular formula is C12H20ClN3O2. The number of aromatic nitrogens is 2. The summed E-state index contributed by atoms with van der Waals surface area (Å²) in [6.45, 7) is 8.26. The van der Waals surface area contributed by atoms with Gasteiger partial charge in [-0.1, -0.05) is 11.6 Å². The predicted molar refractivity (Wildman–Crippen MR) is 71.9 cm³/mol. The molecular weight excluding hydrogens is 254 g/mol. The van der Waals surface area contributed by atoms with Crippen molar-refractivity contribution in [2.45, 2.75) is 33.5 Å². The van der Waals surface area contributed by atoms with E-state index in [4.69, 9.17) is 21.1 Å². The van der Waals surface area contributed by atoms with E-state index in [2.05, 4.69) is 15.3 Å². The molecule has 0 fully saturated rings. The Labute approximate surface area is 113 Å². The smallest absolute Gasteiger partial charge is 0.158 e. The van der Waals surface area contributed by atoms with Crippen LogP contribution in [0.2, 0.25) is 5.15 Å². The maximum absolute atomic E-state index is 5.93. The Morgan fingerprint density at radius 3 is 2.78 bits per heavy atom. The van der Waals surface area contributed by atoms with Crippen LogP contribution in [0.15, 0.2) is 6.07 Å². The molecule has 0 aliphatic rings. The largest absolute Gasteiger partial charge is 0.377 e. The molecule has 0 saturated carbocycles. The average molecular weight is 274 g/mol. The van der Waals surface area contributed by atoms with Crippen molar-refractivity contribution in [1.29, 1.82) is 0 Å². The number of anilines is 1. The molecule has 0 spiro atoms. The van der Waals surface area contributed by atoms with Gasteiger partial charge in [-0.25, -0.2) is 9.97 Å². The maximum Gasteiger partial charge on any atom is 0.158 e. The molecule has 0 aliphatic heterocycles. The first-order chi connectivity index (χ1) is 8.65. The van der Waals surface area contributed by atoms with Crippen molar-refractivity contribution in [3.05, 3.63) is 17.0 Å². The van der Waals surface area contributed by atoms with Crippen LogP contribution < -0.4 is 5.32 Å². The van der Waals surface area contributed by atoms with Gasteiger partial charge in [0.1, 0.15) is 17.6 Å². The van der Waals surface area contributed by atoms with Crippen molar-refractivity contribution in [2.75, 3.05) is 25.1 Å². The zero-order valence-corrected chi connectivity index (χ0v) is 11.8. The van der Waals surface area contributed by atoms with Gasteiger partial charge in [-0.2, -0.15) is 0 Å². The van der Waals surface area contributed by atoms with E-state index < -0.39 is 0 Å². The maximum atomic E-state index is 5.93. The summed E-state index contributed by atoms with van der Waals surface area (Å²) in [5.74, 6) is 1.27. The summed E-state index contributed by atoms with van der Waals surface area (Å²) < 4.78 is 10.7. The van der Waals surface area contributed by atoms with Crippen LogP contribution in [0, 0.1) is 0 Å². The lowest BCUT2D eigenvalue weighted by atomic mass is 10.4. The standard InChI is InChI=1S/C12H20ClN3O2/c1-4-17-8-12-15-10(13)6-11(16-12)14-7-9(3)18-5-2/h6,9H,4-5,7-8H2,1-3H3,(H,14,15,16). The highest BCUT2D eigenvalue weighted by Gasteiger charge is 2.05. The van der Waals surface area contributed by atoms with Crippen molar-refractivity contribution in [3.63, 3.8) is 0 Å². The first kappa shape index (κ1) is 15.1. The van der Waals surface area contributed by atoms with Crippen LogP contribution in [0.1, 0.15) is 26.6 Å². The number of ether oxygens (including phenoxy) is 2. The van der Waals surface area contributed by atoms with Gasteiger partial charge in [-0.15, -0.1) is 0 Å². The fourth-order valence-electron chi connectivity index (χ4n) is 1.40. The van der Waals surface area contributed by atoms with Gasteiger partial charge < -0.3 is 14.8 Å². The van der Waals surface area contributed by atoms with Crippen LogP contribution in [0.25, 0.3) is 0 Å². The molecule has 0 aromatic carbocycles. The summed E-state index contributed by atoms with van der Waals surface area (Å²) in [7, 11) is 0. The van der Waals surface area contributed by atoms with Gasteiger partial charge in [0, 0.05) is 25.8 Å². The van der Waals surface area contributed by atoms with Gasteiger partial charge >= 0.3 is 0 Å². The Kier molecular flexibility index (Phi) is 6.93. The van der Waals surface area contributed by atoms with Gasteiger partial charge in [-0.05, 0) is 20.8 Å². The van der Waals surface area contributed by atoms with Gasteiger partial charge in [0.2, 0.25) is 0 Å². The number of hydrogen-bond acceptors (Lipinski definition) is 5. The zero-order chi connectivity index (χ0) is 13.4. The predicted octanol–water partition coefficient (Wildman–Crippen LogP) is 2.50. The Balaban J connectivity index is 2.56. The third kappa shape index (κ3) is 5.62. The molecule has 0 radical (unpaired) electrons. The molecule has 0 bridgehead atoms. The third-order valence-corrected chi connectivity index (χ3v) is 2.39.